The van der Waals surface area contributed by atoms with Crippen molar-refractivity contribution in [3.63, 3.8) is 0 Å². The van der Waals surface area contributed by atoms with Crippen LogP contribution in [-0.2, 0) is 0 Å². The number of aromatic amines is 1. The van der Waals surface area contributed by atoms with Crippen LogP contribution in [-0.4, -0.2) is 9.97 Å². The maximum absolute atomic E-state index is 12.2. The van der Waals surface area contributed by atoms with Crippen molar-refractivity contribution >= 4 is 34.2 Å². The van der Waals surface area contributed by atoms with Gasteiger partial charge in [-0.3, -0.25) is 4.79 Å². The van der Waals surface area contributed by atoms with Crippen molar-refractivity contribution in [2.45, 2.75) is 0 Å². The van der Waals surface area contributed by atoms with Crippen LogP contribution < -0.4 is 5.56 Å². The number of rotatable bonds is 2. The SMILES string of the molecule is O=c1[nH]c(-c2cccc(Cl)c2)nc(-c2ccccc2)c1I. The number of aromatic nitrogens is 2. The van der Waals surface area contributed by atoms with Gasteiger partial charge in [0.25, 0.3) is 5.56 Å². The van der Waals surface area contributed by atoms with Gasteiger partial charge >= 0.3 is 0 Å². The van der Waals surface area contributed by atoms with Gasteiger partial charge in [0.1, 0.15) is 9.39 Å². The molecular formula is C16H10ClIN2O. The summed E-state index contributed by atoms with van der Waals surface area (Å²) in [7, 11) is 0. The van der Waals surface area contributed by atoms with Crippen molar-refractivity contribution in [2.75, 3.05) is 0 Å². The summed E-state index contributed by atoms with van der Waals surface area (Å²) in [6.07, 6.45) is 0. The average Bonchev–Trinajstić information content (AvgIpc) is 2.51. The Balaban J connectivity index is 2.21. The fourth-order valence-electron chi connectivity index (χ4n) is 2.02. The summed E-state index contributed by atoms with van der Waals surface area (Å²) in [5.74, 6) is 0.516. The minimum absolute atomic E-state index is 0.153. The molecule has 0 radical (unpaired) electrons. The monoisotopic (exact) mass is 408 g/mol. The molecule has 0 aliphatic carbocycles. The van der Waals surface area contributed by atoms with E-state index in [1.807, 2.05) is 65.1 Å². The lowest BCUT2D eigenvalue weighted by molar-refractivity contribution is 1.11. The van der Waals surface area contributed by atoms with Gasteiger partial charge in [-0.05, 0) is 34.7 Å². The Kier molecular flexibility index (Phi) is 4.07. The molecule has 1 aromatic heterocycles. The zero-order chi connectivity index (χ0) is 14.8. The summed E-state index contributed by atoms with van der Waals surface area (Å²) in [6.45, 7) is 0. The van der Waals surface area contributed by atoms with Crippen molar-refractivity contribution in [2.24, 2.45) is 0 Å². The molecule has 0 unspecified atom stereocenters. The van der Waals surface area contributed by atoms with Crippen LogP contribution in [0.5, 0.6) is 0 Å². The van der Waals surface area contributed by atoms with Crippen molar-refractivity contribution in [3.05, 3.63) is 73.5 Å². The second-order valence-electron chi connectivity index (χ2n) is 4.45. The lowest BCUT2D eigenvalue weighted by Crippen LogP contribution is -2.14. The Labute approximate surface area is 140 Å². The van der Waals surface area contributed by atoms with Gasteiger partial charge in [0.15, 0.2) is 0 Å². The molecule has 0 fully saturated rings. The Morgan fingerprint density at radius 2 is 1.71 bits per heavy atom. The van der Waals surface area contributed by atoms with Crippen LogP contribution in [0, 0.1) is 3.57 Å². The maximum Gasteiger partial charge on any atom is 0.265 e. The average molecular weight is 409 g/mol. The first-order chi connectivity index (χ1) is 10.1. The summed E-state index contributed by atoms with van der Waals surface area (Å²) >= 11 is 8.02. The molecule has 0 aliphatic rings. The molecule has 0 amide bonds. The Hall–Kier alpha value is -1.66. The second-order valence-corrected chi connectivity index (χ2v) is 5.97. The van der Waals surface area contributed by atoms with E-state index in [4.69, 9.17) is 11.6 Å². The third-order valence-electron chi connectivity index (χ3n) is 3.01. The van der Waals surface area contributed by atoms with Gasteiger partial charge < -0.3 is 4.98 Å². The van der Waals surface area contributed by atoms with E-state index in [-0.39, 0.29) is 5.56 Å². The molecule has 3 nitrogen and oxygen atoms in total. The fourth-order valence-corrected chi connectivity index (χ4v) is 2.78. The van der Waals surface area contributed by atoms with Crippen LogP contribution in [0.4, 0.5) is 0 Å². The van der Waals surface area contributed by atoms with E-state index in [1.54, 1.807) is 12.1 Å². The molecule has 0 saturated heterocycles. The predicted molar refractivity (Wildman–Crippen MR) is 93.5 cm³/mol. The number of nitrogens with one attached hydrogen (secondary N) is 1. The molecule has 5 heteroatoms. The second kappa shape index (κ2) is 5.99. The number of H-pyrrole nitrogens is 1. The predicted octanol–water partition coefficient (Wildman–Crippen LogP) is 4.36. The number of benzene rings is 2. The van der Waals surface area contributed by atoms with Gasteiger partial charge in [0, 0.05) is 16.1 Å². The molecule has 3 aromatic rings. The van der Waals surface area contributed by atoms with Crippen LogP contribution in [0.15, 0.2) is 59.4 Å². The highest BCUT2D eigenvalue weighted by Gasteiger charge is 2.12. The number of halogens is 2. The Morgan fingerprint density at radius 1 is 1.00 bits per heavy atom. The summed E-state index contributed by atoms with van der Waals surface area (Å²) in [5, 5.41) is 0.606. The first-order valence-corrected chi connectivity index (χ1v) is 7.72. The first-order valence-electron chi connectivity index (χ1n) is 6.26. The van der Waals surface area contributed by atoms with Gasteiger partial charge in [-0.15, -0.1) is 0 Å². The zero-order valence-electron chi connectivity index (χ0n) is 10.8. The van der Waals surface area contributed by atoms with E-state index in [9.17, 15) is 4.79 Å². The first kappa shape index (κ1) is 14.3. The van der Waals surface area contributed by atoms with Crippen LogP contribution in [0.2, 0.25) is 5.02 Å². The van der Waals surface area contributed by atoms with E-state index in [0.717, 1.165) is 11.1 Å². The normalized spacial score (nSPS) is 10.6. The largest absolute Gasteiger partial charge is 0.306 e. The number of hydrogen-bond donors (Lipinski definition) is 1. The summed E-state index contributed by atoms with van der Waals surface area (Å²) in [5.41, 5.74) is 2.22. The molecule has 0 saturated carbocycles. The number of hydrogen-bond acceptors (Lipinski definition) is 2. The van der Waals surface area contributed by atoms with E-state index < -0.39 is 0 Å². The van der Waals surface area contributed by atoms with E-state index in [0.29, 0.717) is 20.1 Å². The van der Waals surface area contributed by atoms with E-state index in [2.05, 4.69) is 9.97 Å². The topological polar surface area (TPSA) is 45.8 Å². The summed E-state index contributed by atoms with van der Waals surface area (Å²) < 4.78 is 0.574. The highest BCUT2D eigenvalue weighted by molar-refractivity contribution is 14.1. The quantitative estimate of drug-likeness (QED) is 0.640. The van der Waals surface area contributed by atoms with Gasteiger partial charge in [-0.25, -0.2) is 4.98 Å². The van der Waals surface area contributed by atoms with Crippen LogP contribution in [0.3, 0.4) is 0 Å². The van der Waals surface area contributed by atoms with Gasteiger partial charge in [0.05, 0.1) is 5.69 Å². The zero-order valence-corrected chi connectivity index (χ0v) is 13.7. The molecule has 104 valence electrons. The molecule has 2 aromatic carbocycles. The van der Waals surface area contributed by atoms with E-state index >= 15 is 0 Å². The standard InChI is InChI=1S/C16H10ClIN2O/c17-12-8-4-7-11(9-12)15-19-14(13(18)16(21)20-15)10-5-2-1-3-6-10/h1-9H,(H,19,20,21). The summed E-state index contributed by atoms with van der Waals surface area (Å²) in [4.78, 5) is 19.5. The van der Waals surface area contributed by atoms with Crippen LogP contribution >= 0.6 is 34.2 Å². The molecule has 3 rings (SSSR count). The molecule has 1 heterocycles. The summed E-state index contributed by atoms with van der Waals surface area (Å²) in [6, 6.07) is 16.9. The van der Waals surface area contributed by atoms with Crippen LogP contribution in [0.1, 0.15) is 0 Å². The molecule has 0 aliphatic heterocycles. The smallest absolute Gasteiger partial charge is 0.265 e. The minimum atomic E-state index is -0.153. The molecule has 0 atom stereocenters. The van der Waals surface area contributed by atoms with Crippen LogP contribution in [0.25, 0.3) is 22.6 Å². The minimum Gasteiger partial charge on any atom is -0.306 e. The lowest BCUT2D eigenvalue weighted by atomic mass is 10.1. The highest BCUT2D eigenvalue weighted by Crippen LogP contribution is 2.24. The molecule has 1 N–H and O–H groups in total. The molecule has 0 spiro atoms. The van der Waals surface area contributed by atoms with Gasteiger partial charge in [-0.2, -0.15) is 0 Å². The fraction of sp³-hybridized carbons (Fsp3) is 0. The molecular weight excluding hydrogens is 399 g/mol. The molecule has 21 heavy (non-hydrogen) atoms. The van der Waals surface area contributed by atoms with Crippen molar-refractivity contribution < 1.29 is 0 Å². The third kappa shape index (κ3) is 3.01. The van der Waals surface area contributed by atoms with Gasteiger partial charge in [-0.1, -0.05) is 54.1 Å². The number of nitrogens with zero attached hydrogens (tertiary/aromatic N) is 1. The maximum atomic E-state index is 12.2. The van der Waals surface area contributed by atoms with Crippen molar-refractivity contribution in [1.82, 2.24) is 9.97 Å². The highest BCUT2D eigenvalue weighted by atomic mass is 127. The van der Waals surface area contributed by atoms with E-state index in [1.165, 1.54) is 0 Å². The Bertz CT molecular complexity index is 846. The molecule has 0 bridgehead atoms. The van der Waals surface area contributed by atoms with Crippen molar-refractivity contribution in [3.8, 4) is 22.6 Å². The van der Waals surface area contributed by atoms with Gasteiger partial charge in [0.2, 0.25) is 0 Å². The third-order valence-corrected chi connectivity index (χ3v) is 4.24. The van der Waals surface area contributed by atoms with Crippen molar-refractivity contribution in [1.29, 1.82) is 0 Å². The lowest BCUT2D eigenvalue weighted by Gasteiger charge is -2.07. The Morgan fingerprint density at radius 3 is 2.43 bits per heavy atom.